The molecule has 0 saturated carbocycles. The molecule has 0 aliphatic carbocycles. The fourth-order valence-electron chi connectivity index (χ4n) is 8.76. The second-order valence-corrected chi connectivity index (χ2v) is 18.9. The summed E-state index contributed by atoms with van der Waals surface area (Å²) >= 11 is 1.36. The molecule has 8 rings (SSSR count). The number of benzene rings is 2. The number of imide groups is 1. The predicted octanol–water partition coefficient (Wildman–Crippen LogP) is 6.74. The molecule has 3 fully saturated rings. The van der Waals surface area contributed by atoms with Crippen LogP contribution < -0.4 is 20.7 Å². The van der Waals surface area contributed by atoms with Gasteiger partial charge in [0.15, 0.2) is 0 Å². The van der Waals surface area contributed by atoms with Gasteiger partial charge in [-0.2, -0.15) is 0 Å². The molecule has 2 atom stereocenters. The van der Waals surface area contributed by atoms with Gasteiger partial charge in [0, 0.05) is 67.7 Å². The molecular formula is C44H48FN9O5S2. The lowest BCUT2D eigenvalue weighted by Crippen LogP contribution is -2.45. The number of sulfonamides is 1. The maximum absolute atomic E-state index is 16.0. The second kappa shape index (κ2) is 17.8. The van der Waals surface area contributed by atoms with Gasteiger partial charge in [-0.3, -0.25) is 19.7 Å². The average molecular weight is 866 g/mol. The zero-order chi connectivity index (χ0) is 42.8. The van der Waals surface area contributed by atoms with Crippen LogP contribution in [0.25, 0.3) is 21.8 Å². The van der Waals surface area contributed by atoms with Gasteiger partial charge in [0.25, 0.3) is 0 Å². The van der Waals surface area contributed by atoms with E-state index in [-0.39, 0.29) is 47.1 Å². The Labute approximate surface area is 358 Å². The smallest absolute Gasteiger partial charge is 0.234 e. The first-order chi connectivity index (χ1) is 29.4. The molecule has 17 heteroatoms. The molecule has 61 heavy (non-hydrogen) atoms. The highest BCUT2D eigenvalue weighted by molar-refractivity contribution is 7.89. The number of carbonyl (C=O) groups is 3. The molecular weight excluding hydrogens is 818 g/mol. The summed E-state index contributed by atoms with van der Waals surface area (Å²) < 4.78 is 40.5. The number of nitrogens with two attached hydrogens (primary N) is 1. The van der Waals surface area contributed by atoms with Crippen molar-refractivity contribution in [3.8, 4) is 21.8 Å². The second-order valence-electron chi connectivity index (χ2n) is 15.9. The van der Waals surface area contributed by atoms with Crippen molar-refractivity contribution in [1.29, 1.82) is 0 Å². The number of halogens is 1. The van der Waals surface area contributed by atoms with E-state index < -0.39 is 21.1 Å². The Kier molecular flexibility index (Phi) is 12.2. The van der Waals surface area contributed by atoms with Crippen LogP contribution in [-0.4, -0.2) is 77.2 Å². The first kappa shape index (κ1) is 42.1. The number of amides is 3. The van der Waals surface area contributed by atoms with E-state index in [0.717, 1.165) is 55.8 Å². The number of thiazole rings is 1. The fraction of sp³-hybridized carbons (Fsp3) is 0.386. The van der Waals surface area contributed by atoms with Gasteiger partial charge in [0.1, 0.15) is 16.9 Å². The van der Waals surface area contributed by atoms with Crippen molar-refractivity contribution in [2.45, 2.75) is 75.9 Å². The average Bonchev–Trinajstić information content (AvgIpc) is 3.65. The number of nitrogens with one attached hydrogen (secondary N) is 2. The van der Waals surface area contributed by atoms with Gasteiger partial charge >= 0.3 is 0 Å². The summed E-state index contributed by atoms with van der Waals surface area (Å²) in [6.45, 7) is 6.37. The molecule has 0 radical (unpaired) electrons. The predicted molar refractivity (Wildman–Crippen MR) is 232 cm³/mol. The maximum atomic E-state index is 16.0. The molecule has 3 saturated heterocycles. The number of hydrogen-bond donors (Lipinski definition) is 3. The zero-order valence-corrected chi connectivity index (χ0v) is 35.6. The Hall–Kier alpha value is -5.65. The van der Waals surface area contributed by atoms with Crippen LogP contribution in [0.4, 0.5) is 21.8 Å². The minimum absolute atomic E-state index is 0.00714. The van der Waals surface area contributed by atoms with Crippen LogP contribution in [0.5, 0.6) is 0 Å². The molecule has 14 nitrogen and oxygen atoms in total. The molecule has 5 aromatic rings. The van der Waals surface area contributed by atoms with E-state index >= 15 is 4.39 Å². The van der Waals surface area contributed by atoms with Crippen LogP contribution in [-0.2, 0) is 24.4 Å². The number of piperidine rings is 3. The van der Waals surface area contributed by atoms with Gasteiger partial charge < -0.3 is 15.1 Å². The van der Waals surface area contributed by atoms with E-state index in [1.54, 1.807) is 37.5 Å². The third-order valence-electron chi connectivity index (χ3n) is 12.0. The molecule has 2 aromatic carbocycles. The molecule has 0 spiro atoms. The summed E-state index contributed by atoms with van der Waals surface area (Å²) in [6, 6.07) is 18.4. The van der Waals surface area contributed by atoms with E-state index in [1.807, 2.05) is 36.1 Å². The Morgan fingerprint density at radius 3 is 2.36 bits per heavy atom. The first-order valence-electron chi connectivity index (χ1n) is 20.7. The number of carbonyl (C=O) groups excluding carboxylic acids is 3. The summed E-state index contributed by atoms with van der Waals surface area (Å²) in [7, 11) is -4.03. The van der Waals surface area contributed by atoms with E-state index in [0.29, 0.717) is 59.1 Å². The molecule has 3 aliphatic rings. The molecule has 318 valence electrons. The fourth-order valence-corrected chi connectivity index (χ4v) is 10.7. The Balaban J connectivity index is 0.846. The van der Waals surface area contributed by atoms with Crippen molar-refractivity contribution in [2.24, 2.45) is 11.1 Å². The van der Waals surface area contributed by atoms with Crippen LogP contribution in [0, 0.1) is 18.7 Å². The number of hydrogen-bond acceptors (Lipinski definition) is 12. The van der Waals surface area contributed by atoms with Gasteiger partial charge in [0.2, 0.25) is 33.7 Å². The van der Waals surface area contributed by atoms with Gasteiger partial charge in [0.05, 0.1) is 27.2 Å². The number of nitrogens with zero attached hydrogens (tertiary/aromatic N) is 6. The Bertz CT molecular complexity index is 2540. The van der Waals surface area contributed by atoms with Gasteiger partial charge in [-0.05, 0) is 92.8 Å². The van der Waals surface area contributed by atoms with Crippen LogP contribution >= 0.6 is 11.3 Å². The van der Waals surface area contributed by atoms with E-state index in [1.165, 1.54) is 23.0 Å². The van der Waals surface area contributed by atoms with Crippen LogP contribution in [0.15, 0.2) is 73.1 Å². The molecule has 3 aliphatic heterocycles. The molecule has 6 heterocycles. The quantitative estimate of drug-likeness (QED) is 0.119. The van der Waals surface area contributed by atoms with E-state index in [2.05, 4.69) is 42.6 Å². The minimum Gasteiger partial charge on any atom is -0.357 e. The summed E-state index contributed by atoms with van der Waals surface area (Å²) in [6.07, 6.45) is 7.58. The van der Waals surface area contributed by atoms with Crippen LogP contribution in [0.2, 0.25) is 0 Å². The van der Waals surface area contributed by atoms with Crippen molar-refractivity contribution < 1.29 is 27.2 Å². The number of pyridine rings is 1. The Morgan fingerprint density at radius 2 is 1.69 bits per heavy atom. The topological polar surface area (TPSA) is 193 Å². The van der Waals surface area contributed by atoms with Crippen molar-refractivity contribution in [1.82, 2.24) is 30.2 Å². The standard InChI is InChI=1S/C44H48FN9O5S2/c1-3-36(61(46,58)59)33-5-4-6-34(39(33)45)40-41(60-26(2)49-40)35-15-20-47-44(51-35)50-31-10-7-27(8-11-31)28-16-23-54(24-17-28)43(57)29-18-21-53(22-19-29)37-13-9-30(25-48-37)32-12-14-38(55)52-42(32)56/h4-11,13,15,20,25,28-29,32,36H,3,12,14,16-19,21-24H2,1-2H3,(H2,46,58,59)(H,47,50,51)(H,52,55,56). The monoisotopic (exact) mass is 865 g/mol. The third-order valence-corrected chi connectivity index (χ3v) is 14.4. The molecule has 3 aromatic heterocycles. The number of rotatable bonds is 11. The minimum atomic E-state index is -4.03. The zero-order valence-electron chi connectivity index (χ0n) is 34.0. The van der Waals surface area contributed by atoms with Crippen LogP contribution in [0.3, 0.4) is 0 Å². The number of aromatic nitrogens is 4. The van der Waals surface area contributed by atoms with E-state index in [4.69, 9.17) is 10.1 Å². The maximum Gasteiger partial charge on any atom is 0.234 e. The van der Waals surface area contributed by atoms with Crippen molar-refractivity contribution in [2.75, 3.05) is 36.4 Å². The molecule has 0 bridgehead atoms. The third kappa shape index (κ3) is 9.18. The Morgan fingerprint density at radius 1 is 0.951 bits per heavy atom. The van der Waals surface area contributed by atoms with Gasteiger partial charge in [-0.25, -0.2) is 37.9 Å². The highest BCUT2D eigenvalue weighted by Crippen LogP contribution is 2.40. The highest BCUT2D eigenvalue weighted by Gasteiger charge is 2.33. The summed E-state index contributed by atoms with van der Waals surface area (Å²) in [5.74, 6) is 0.189. The SMILES string of the molecule is CCC(c1cccc(-c2nc(C)sc2-c2ccnc(Nc3ccc(C4CCN(C(=O)C5CCN(c6ccc(C7CCC(=O)NC7=O)cn6)CC5)CC4)cc3)n2)c1F)S(N)(=O)=O. The van der Waals surface area contributed by atoms with Gasteiger partial charge in [-0.15, -0.1) is 11.3 Å². The van der Waals surface area contributed by atoms with Crippen LogP contribution in [0.1, 0.15) is 90.7 Å². The van der Waals surface area contributed by atoms with Crippen molar-refractivity contribution in [3.63, 3.8) is 0 Å². The summed E-state index contributed by atoms with van der Waals surface area (Å²) in [5, 5.41) is 10.7. The lowest BCUT2D eigenvalue weighted by molar-refractivity contribution is -0.137. The van der Waals surface area contributed by atoms with E-state index in [9.17, 15) is 22.8 Å². The molecule has 2 unspecified atom stereocenters. The number of aryl methyl sites for hydroxylation is 1. The van der Waals surface area contributed by atoms with Crippen molar-refractivity contribution in [3.05, 3.63) is 101 Å². The number of anilines is 3. The molecule has 4 N–H and O–H groups in total. The lowest BCUT2D eigenvalue weighted by Gasteiger charge is -2.37. The number of likely N-dealkylation sites (tertiary alicyclic amines) is 1. The normalized spacial score (nSPS) is 18.5. The number of primary sulfonamides is 1. The first-order valence-corrected chi connectivity index (χ1v) is 23.1. The largest absolute Gasteiger partial charge is 0.357 e. The van der Waals surface area contributed by atoms with Gasteiger partial charge in [-0.1, -0.05) is 37.3 Å². The lowest BCUT2D eigenvalue weighted by atomic mass is 9.88. The van der Waals surface area contributed by atoms with Crippen molar-refractivity contribution >= 4 is 56.5 Å². The molecule has 3 amide bonds. The summed E-state index contributed by atoms with van der Waals surface area (Å²) in [4.78, 5) is 60.7. The summed E-state index contributed by atoms with van der Waals surface area (Å²) in [5.41, 5.74) is 3.90. The highest BCUT2D eigenvalue weighted by atomic mass is 32.2.